The van der Waals surface area contributed by atoms with E-state index in [-0.39, 0.29) is 0 Å². The van der Waals surface area contributed by atoms with Gasteiger partial charge in [-0.3, -0.25) is 0 Å². The Balaban J connectivity index is 1.85. The maximum atomic E-state index is 8.89. The molecule has 3 rings (SSSR count). The SMILES string of the molecule is CCN(C)CCc1cc2ccc(-c3ccc(C#N)cc3)cc2nn1. The first-order valence-electron chi connectivity index (χ1n) is 8.15. The fourth-order valence-corrected chi connectivity index (χ4v) is 2.58. The molecule has 120 valence electrons. The van der Waals surface area contributed by atoms with Crippen LogP contribution < -0.4 is 0 Å². The van der Waals surface area contributed by atoms with Gasteiger partial charge in [0.25, 0.3) is 0 Å². The molecule has 1 heterocycles. The lowest BCUT2D eigenvalue weighted by Crippen LogP contribution is -2.20. The van der Waals surface area contributed by atoms with Crippen molar-refractivity contribution in [2.75, 3.05) is 20.1 Å². The van der Waals surface area contributed by atoms with Crippen molar-refractivity contribution in [2.24, 2.45) is 0 Å². The van der Waals surface area contributed by atoms with E-state index >= 15 is 0 Å². The van der Waals surface area contributed by atoms with Crippen LogP contribution in [0.25, 0.3) is 22.0 Å². The van der Waals surface area contributed by atoms with Crippen LogP contribution in [-0.2, 0) is 6.42 Å². The quantitative estimate of drug-likeness (QED) is 0.721. The van der Waals surface area contributed by atoms with E-state index in [1.165, 1.54) is 0 Å². The van der Waals surface area contributed by atoms with Gasteiger partial charge >= 0.3 is 0 Å². The van der Waals surface area contributed by atoms with Gasteiger partial charge in [-0.15, -0.1) is 0 Å². The lowest BCUT2D eigenvalue weighted by atomic mass is 10.0. The number of rotatable bonds is 5. The summed E-state index contributed by atoms with van der Waals surface area (Å²) in [6, 6.07) is 18.1. The van der Waals surface area contributed by atoms with Gasteiger partial charge in [-0.1, -0.05) is 31.2 Å². The van der Waals surface area contributed by atoms with E-state index in [9.17, 15) is 0 Å². The van der Waals surface area contributed by atoms with Crippen LogP contribution in [-0.4, -0.2) is 35.2 Å². The number of hydrogen-bond acceptors (Lipinski definition) is 4. The molecule has 0 N–H and O–H groups in total. The monoisotopic (exact) mass is 316 g/mol. The van der Waals surface area contributed by atoms with E-state index in [2.05, 4.69) is 53.3 Å². The zero-order valence-corrected chi connectivity index (χ0v) is 14.0. The Morgan fingerprint density at radius 2 is 1.75 bits per heavy atom. The van der Waals surface area contributed by atoms with E-state index in [0.717, 1.165) is 47.2 Å². The maximum Gasteiger partial charge on any atom is 0.0991 e. The van der Waals surface area contributed by atoms with Crippen LogP contribution in [0.15, 0.2) is 48.5 Å². The molecular formula is C20H20N4. The lowest BCUT2D eigenvalue weighted by Gasteiger charge is -2.12. The zero-order valence-electron chi connectivity index (χ0n) is 14.0. The molecule has 0 bridgehead atoms. The van der Waals surface area contributed by atoms with Gasteiger partial charge in [0.2, 0.25) is 0 Å². The first-order chi connectivity index (χ1) is 11.7. The minimum absolute atomic E-state index is 0.668. The molecule has 4 heteroatoms. The number of benzene rings is 2. The third-order valence-corrected chi connectivity index (χ3v) is 4.28. The van der Waals surface area contributed by atoms with Crippen LogP contribution in [0, 0.1) is 11.3 Å². The molecule has 0 spiro atoms. The number of aromatic nitrogens is 2. The summed E-state index contributed by atoms with van der Waals surface area (Å²) in [6.07, 6.45) is 0.907. The van der Waals surface area contributed by atoms with Crippen LogP contribution in [0.4, 0.5) is 0 Å². The number of likely N-dealkylation sites (N-methyl/N-ethyl adjacent to an activating group) is 1. The Labute approximate surface area is 142 Å². The summed E-state index contributed by atoms with van der Waals surface area (Å²) in [5, 5.41) is 18.7. The van der Waals surface area contributed by atoms with Crippen molar-refractivity contribution in [3.63, 3.8) is 0 Å². The Bertz CT molecular complexity index is 878. The highest BCUT2D eigenvalue weighted by atomic mass is 15.1. The molecule has 24 heavy (non-hydrogen) atoms. The normalized spacial score (nSPS) is 10.9. The van der Waals surface area contributed by atoms with Crippen molar-refractivity contribution >= 4 is 10.9 Å². The largest absolute Gasteiger partial charge is 0.306 e. The molecule has 0 aliphatic carbocycles. The predicted molar refractivity (Wildman–Crippen MR) is 96.6 cm³/mol. The van der Waals surface area contributed by atoms with Crippen molar-refractivity contribution < 1.29 is 0 Å². The number of hydrogen-bond donors (Lipinski definition) is 0. The summed E-state index contributed by atoms with van der Waals surface area (Å²) in [7, 11) is 2.11. The number of nitrogens with zero attached hydrogens (tertiary/aromatic N) is 4. The van der Waals surface area contributed by atoms with Crippen molar-refractivity contribution in [1.29, 1.82) is 5.26 Å². The van der Waals surface area contributed by atoms with Gasteiger partial charge in [-0.2, -0.15) is 15.5 Å². The molecule has 1 aromatic heterocycles. The first kappa shape index (κ1) is 16.1. The molecular weight excluding hydrogens is 296 g/mol. The van der Waals surface area contributed by atoms with Crippen LogP contribution >= 0.6 is 0 Å². The summed E-state index contributed by atoms with van der Waals surface area (Å²) in [4.78, 5) is 2.26. The first-order valence-corrected chi connectivity index (χ1v) is 8.15. The Kier molecular flexibility index (Phi) is 4.83. The average Bonchev–Trinajstić information content (AvgIpc) is 2.65. The van der Waals surface area contributed by atoms with Gasteiger partial charge < -0.3 is 4.90 Å². The van der Waals surface area contributed by atoms with Crippen molar-refractivity contribution in [1.82, 2.24) is 15.1 Å². The number of nitriles is 1. The van der Waals surface area contributed by atoms with Gasteiger partial charge in [0.05, 0.1) is 22.8 Å². The molecule has 3 aromatic rings. The molecule has 0 aliphatic rings. The Hall–Kier alpha value is -2.77. The molecule has 0 radical (unpaired) electrons. The van der Waals surface area contributed by atoms with Gasteiger partial charge in [-0.25, -0.2) is 0 Å². The topological polar surface area (TPSA) is 52.8 Å². The third kappa shape index (κ3) is 3.58. The molecule has 4 nitrogen and oxygen atoms in total. The van der Waals surface area contributed by atoms with Gasteiger partial charge in [0.1, 0.15) is 0 Å². The fourth-order valence-electron chi connectivity index (χ4n) is 2.58. The lowest BCUT2D eigenvalue weighted by molar-refractivity contribution is 0.356. The maximum absolute atomic E-state index is 8.89. The highest BCUT2D eigenvalue weighted by Gasteiger charge is 2.05. The van der Waals surface area contributed by atoms with Crippen LogP contribution in [0.3, 0.4) is 0 Å². The predicted octanol–water partition coefficient (Wildman–Crippen LogP) is 3.66. The summed E-state index contributed by atoms with van der Waals surface area (Å²) in [5.74, 6) is 0. The molecule has 0 unspecified atom stereocenters. The minimum atomic E-state index is 0.668. The second-order valence-electron chi connectivity index (χ2n) is 5.94. The van der Waals surface area contributed by atoms with E-state index in [0.29, 0.717) is 5.56 Å². The van der Waals surface area contributed by atoms with Crippen LogP contribution in [0.1, 0.15) is 18.2 Å². The zero-order chi connectivity index (χ0) is 16.9. The Morgan fingerprint density at radius 1 is 1.00 bits per heavy atom. The van der Waals surface area contributed by atoms with Gasteiger partial charge in [-0.05, 0) is 49.0 Å². The van der Waals surface area contributed by atoms with E-state index in [1.807, 2.05) is 30.3 Å². The molecule has 0 atom stereocenters. The average molecular weight is 316 g/mol. The molecule has 0 saturated carbocycles. The molecule has 0 saturated heterocycles. The smallest absolute Gasteiger partial charge is 0.0991 e. The molecule has 0 aliphatic heterocycles. The fraction of sp³-hybridized carbons (Fsp3) is 0.250. The Morgan fingerprint density at radius 3 is 2.46 bits per heavy atom. The van der Waals surface area contributed by atoms with E-state index < -0.39 is 0 Å². The highest BCUT2D eigenvalue weighted by Crippen LogP contribution is 2.24. The van der Waals surface area contributed by atoms with E-state index in [1.54, 1.807) is 0 Å². The second-order valence-corrected chi connectivity index (χ2v) is 5.94. The molecule has 2 aromatic carbocycles. The van der Waals surface area contributed by atoms with Crippen LogP contribution in [0.2, 0.25) is 0 Å². The summed E-state index contributed by atoms with van der Waals surface area (Å²) in [6.45, 7) is 4.17. The molecule has 0 amide bonds. The van der Waals surface area contributed by atoms with Crippen molar-refractivity contribution in [3.05, 3.63) is 59.8 Å². The minimum Gasteiger partial charge on any atom is -0.306 e. The van der Waals surface area contributed by atoms with Crippen LogP contribution in [0.5, 0.6) is 0 Å². The van der Waals surface area contributed by atoms with Crippen molar-refractivity contribution in [3.8, 4) is 17.2 Å². The summed E-state index contributed by atoms with van der Waals surface area (Å²) in [5.41, 5.74) is 4.74. The molecule has 0 fully saturated rings. The third-order valence-electron chi connectivity index (χ3n) is 4.28. The number of fused-ring (bicyclic) bond motifs is 1. The van der Waals surface area contributed by atoms with E-state index in [4.69, 9.17) is 5.26 Å². The van der Waals surface area contributed by atoms with Gasteiger partial charge in [0, 0.05) is 18.4 Å². The van der Waals surface area contributed by atoms with Crippen molar-refractivity contribution in [2.45, 2.75) is 13.3 Å². The highest BCUT2D eigenvalue weighted by molar-refractivity contribution is 5.84. The standard InChI is InChI=1S/C20H20N4/c1-3-24(2)11-10-19-12-18-9-8-17(13-20(18)23-22-19)16-6-4-15(14-21)5-7-16/h4-9,12-13H,3,10-11H2,1-2H3. The van der Waals surface area contributed by atoms with Gasteiger partial charge in [0.15, 0.2) is 0 Å². The summed E-state index contributed by atoms with van der Waals surface area (Å²) < 4.78 is 0. The summed E-state index contributed by atoms with van der Waals surface area (Å²) >= 11 is 0. The second kappa shape index (κ2) is 7.20.